The van der Waals surface area contributed by atoms with Gasteiger partial charge in [0, 0.05) is 19.7 Å². The van der Waals surface area contributed by atoms with Crippen molar-refractivity contribution in [3.63, 3.8) is 0 Å². The van der Waals surface area contributed by atoms with E-state index in [1.165, 1.54) is 0 Å². The summed E-state index contributed by atoms with van der Waals surface area (Å²) in [6.45, 7) is 4.89. The highest BCUT2D eigenvalue weighted by atomic mass is 16.5. The highest BCUT2D eigenvalue weighted by Crippen LogP contribution is 2.34. The fourth-order valence-electron chi connectivity index (χ4n) is 4.61. The Balaban J connectivity index is 1.84. The SMILES string of the molecule is CCCCN(C)C(=O)c1cc(C(=N)N(C(N)=O)c2ccccc2C)c(OCc2ccccc2)cc1OCc1ccccc1. The molecule has 0 aliphatic heterocycles. The van der Waals surface area contributed by atoms with Gasteiger partial charge in [-0.05, 0) is 42.2 Å². The minimum Gasteiger partial charge on any atom is -0.488 e. The number of nitrogens with one attached hydrogen (secondary N) is 1. The van der Waals surface area contributed by atoms with E-state index in [1.54, 1.807) is 36.2 Å². The first-order valence-electron chi connectivity index (χ1n) is 14.3. The largest absolute Gasteiger partial charge is 0.488 e. The number of primary amides is 1. The summed E-state index contributed by atoms with van der Waals surface area (Å²) in [6.07, 6.45) is 1.77. The summed E-state index contributed by atoms with van der Waals surface area (Å²) in [5.41, 5.74) is 9.40. The zero-order valence-electron chi connectivity index (χ0n) is 24.9. The van der Waals surface area contributed by atoms with E-state index in [0.717, 1.165) is 34.4 Å². The van der Waals surface area contributed by atoms with Gasteiger partial charge in [-0.15, -0.1) is 0 Å². The number of nitrogens with two attached hydrogens (primary N) is 1. The minimum absolute atomic E-state index is 0.198. The molecule has 0 atom stereocenters. The van der Waals surface area contributed by atoms with Gasteiger partial charge in [-0.1, -0.05) is 92.2 Å². The summed E-state index contributed by atoms with van der Waals surface area (Å²) in [7, 11) is 1.74. The van der Waals surface area contributed by atoms with E-state index in [1.807, 2.05) is 79.7 Å². The Bertz CT molecular complexity index is 1560. The Morgan fingerprint density at radius 2 is 1.33 bits per heavy atom. The molecular weight excluding hydrogens is 540 g/mol. The zero-order valence-corrected chi connectivity index (χ0v) is 24.9. The van der Waals surface area contributed by atoms with Crippen LogP contribution >= 0.6 is 0 Å². The van der Waals surface area contributed by atoms with Crippen LogP contribution < -0.4 is 20.1 Å². The lowest BCUT2D eigenvalue weighted by Crippen LogP contribution is -2.41. The third-order valence-corrected chi connectivity index (χ3v) is 7.04. The molecule has 8 nitrogen and oxygen atoms in total. The van der Waals surface area contributed by atoms with E-state index in [4.69, 9.17) is 15.2 Å². The molecule has 4 rings (SSSR count). The average molecular weight is 579 g/mol. The number of unbranched alkanes of at least 4 members (excludes halogenated alkanes) is 1. The van der Waals surface area contributed by atoms with E-state index in [-0.39, 0.29) is 41.8 Å². The van der Waals surface area contributed by atoms with Crippen molar-refractivity contribution in [1.82, 2.24) is 4.90 Å². The van der Waals surface area contributed by atoms with Crippen LogP contribution in [-0.4, -0.2) is 36.3 Å². The number of hydrogen-bond acceptors (Lipinski definition) is 5. The number of aryl methyl sites for hydroxylation is 1. The summed E-state index contributed by atoms with van der Waals surface area (Å²) in [4.78, 5) is 29.4. The standard InChI is InChI=1S/C35H38N4O4/c1-4-5-20-38(3)34(40)29-21-28(33(36)39(35(37)41)30-19-13-12-14-25(30)2)31(42-23-26-15-8-6-9-16-26)22-32(29)43-24-27-17-10-7-11-18-27/h6-19,21-22,36H,4-5,20,23-24H2,1-3H3,(H2,37,41). The Morgan fingerprint density at radius 3 is 1.86 bits per heavy atom. The van der Waals surface area contributed by atoms with Crippen molar-refractivity contribution in [2.45, 2.75) is 39.9 Å². The normalized spacial score (nSPS) is 10.6. The van der Waals surface area contributed by atoms with Gasteiger partial charge in [-0.25, -0.2) is 9.69 Å². The summed E-state index contributed by atoms with van der Waals surface area (Å²) in [6, 6.07) is 28.8. The Labute approximate surface area is 253 Å². The number of amidine groups is 1. The highest BCUT2D eigenvalue weighted by molar-refractivity contribution is 6.23. The summed E-state index contributed by atoms with van der Waals surface area (Å²) in [5, 5.41) is 9.22. The van der Waals surface area contributed by atoms with Gasteiger partial charge in [0.2, 0.25) is 0 Å². The van der Waals surface area contributed by atoms with E-state index in [2.05, 4.69) is 6.92 Å². The van der Waals surface area contributed by atoms with Gasteiger partial charge in [-0.2, -0.15) is 0 Å². The van der Waals surface area contributed by atoms with Crippen molar-refractivity contribution >= 4 is 23.5 Å². The fourth-order valence-corrected chi connectivity index (χ4v) is 4.61. The zero-order chi connectivity index (χ0) is 30.8. The van der Waals surface area contributed by atoms with Crippen LogP contribution in [0.4, 0.5) is 10.5 Å². The molecule has 0 heterocycles. The average Bonchev–Trinajstić information content (AvgIpc) is 3.02. The second-order valence-corrected chi connectivity index (χ2v) is 10.3. The predicted octanol–water partition coefficient (Wildman–Crippen LogP) is 6.94. The number of urea groups is 1. The lowest BCUT2D eigenvalue weighted by atomic mass is 10.0. The molecule has 0 spiro atoms. The molecule has 0 bridgehead atoms. The van der Waals surface area contributed by atoms with Gasteiger partial charge in [0.25, 0.3) is 5.91 Å². The van der Waals surface area contributed by atoms with Gasteiger partial charge < -0.3 is 20.1 Å². The van der Waals surface area contributed by atoms with Crippen molar-refractivity contribution in [3.05, 3.63) is 125 Å². The van der Waals surface area contributed by atoms with Gasteiger partial charge in [0.05, 0.1) is 16.8 Å². The molecule has 3 N–H and O–H groups in total. The molecule has 0 unspecified atom stereocenters. The first kappa shape index (κ1) is 30.8. The van der Waals surface area contributed by atoms with E-state index in [9.17, 15) is 15.0 Å². The van der Waals surface area contributed by atoms with Crippen LogP contribution in [0.15, 0.2) is 97.1 Å². The number of nitrogens with zero attached hydrogens (tertiary/aromatic N) is 2. The summed E-state index contributed by atoms with van der Waals surface area (Å²) >= 11 is 0. The molecule has 4 aromatic carbocycles. The van der Waals surface area contributed by atoms with Crippen molar-refractivity contribution in [2.24, 2.45) is 5.73 Å². The maximum atomic E-state index is 13.8. The van der Waals surface area contributed by atoms with Crippen LogP contribution in [0.25, 0.3) is 0 Å². The molecule has 0 aliphatic carbocycles. The van der Waals surface area contributed by atoms with Crippen molar-refractivity contribution in [1.29, 1.82) is 5.41 Å². The molecule has 0 radical (unpaired) electrons. The molecule has 0 saturated carbocycles. The topological polar surface area (TPSA) is 109 Å². The molecule has 4 aromatic rings. The molecule has 0 saturated heterocycles. The Morgan fingerprint density at radius 1 is 0.791 bits per heavy atom. The van der Waals surface area contributed by atoms with E-state index in [0.29, 0.717) is 18.0 Å². The fraction of sp³-hybridized carbons (Fsp3) is 0.229. The second kappa shape index (κ2) is 14.7. The molecule has 3 amide bonds. The maximum Gasteiger partial charge on any atom is 0.325 e. The first-order chi connectivity index (χ1) is 20.8. The molecule has 222 valence electrons. The van der Waals surface area contributed by atoms with Gasteiger partial charge >= 0.3 is 6.03 Å². The van der Waals surface area contributed by atoms with Crippen LogP contribution in [-0.2, 0) is 13.2 Å². The molecule has 8 heteroatoms. The third kappa shape index (κ3) is 7.80. The number of amides is 3. The number of anilines is 1. The number of ether oxygens (including phenoxy) is 2. The molecule has 0 aliphatic rings. The summed E-state index contributed by atoms with van der Waals surface area (Å²) in [5.74, 6) is 0.120. The predicted molar refractivity (Wildman–Crippen MR) is 170 cm³/mol. The second-order valence-electron chi connectivity index (χ2n) is 10.3. The maximum absolute atomic E-state index is 13.8. The molecular formula is C35H38N4O4. The van der Waals surface area contributed by atoms with Gasteiger partial charge in [0.15, 0.2) is 0 Å². The summed E-state index contributed by atoms with van der Waals surface area (Å²) < 4.78 is 12.5. The van der Waals surface area contributed by atoms with E-state index >= 15 is 0 Å². The number of carbonyl (C=O) groups is 2. The smallest absolute Gasteiger partial charge is 0.325 e. The number of para-hydroxylation sites is 1. The van der Waals surface area contributed by atoms with Crippen LogP contribution in [0.2, 0.25) is 0 Å². The number of benzene rings is 4. The van der Waals surface area contributed by atoms with E-state index < -0.39 is 6.03 Å². The lowest BCUT2D eigenvalue weighted by Gasteiger charge is -2.26. The number of rotatable bonds is 12. The Kier molecular flexibility index (Phi) is 10.5. The van der Waals surface area contributed by atoms with Crippen LogP contribution in [0, 0.1) is 12.3 Å². The molecule has 0 aromatic heterocycles. The third-order valence-electron chi connectivity index (χ3n) is 7.04. The van der Waals surface area contributed by atoms with Gasteiger partial charge in [0.1, 0.15) is 30.5 Å². The monoisotopic (exact) mass is 578 g/mol. The van der Waals surface area contributed by atoms with Crippen molar-refractivity contribution < 1.29 is 19.1 Å². The molecule has 43 heavy (non-hydrogen) atoms. The van der Waals surface area contributed by atoms with Crippen LogP contribution in [0.1, 0.15) is 52.4 Å². The number of hydrogen-bond donors (Lipinski definition) is 2. The first-order valence-corrected chi connectivity index (χ1v) is 14.3. The Hall–Kier alpha value is -5.11. The van der Waals surface area contributed by atoms with Crippen molar-refractivity contribution in [2.75, 3.05) is 18.5 Å². The van der Waals surface area contributed by atoms with Crippen LogP contribution in [0.3, 0.4) is 0 Å². The number of carbonyl (C=O) groups excluding carboxylic acids is 2. The minimum atomic E-state index is -0.828. The quantitative estimate of drug-likeness (QED) is 0.140. The highest BCUT2D eigenvalue weighted by Gasteiger charge is 2.28. The lowest BCUT2D eigenvalue weighted by molar-refractivity contribution is 0.0788. The van der Waals surface area contributed by atoms with Crippen LogP contribution in [0.5, 0.6) is 11.5 Å². The van der Waals surface area contributed by atoms with Gasteiger partial charge in [-0.3, -0.25) is 10.2 Å². The van der Waals surface area contributed by atoms with Crippen molar-refractivity contribution in [3.8, 4) is 11.5 Å². The molecule has 0 fully saturated rings.